The molecule has 0 aliphatic carbocycles. The number of nitrogens with two attached hydrogens (primary N) is 1. The van der Waals surface area contributed by atoms with Gasteiger partial charge in [0.05, 0.1) is 0 Å². The molecule has 0 heterocycles. The van der Waals surface area contributed by atoms with Gasteiger partial charge >= 0.3 is 0 Å². The lowest BCUT2D eigenvalue weighted by atomic mass is 10.00. The lowest BCUT2D eigenvalue weighted by Gasteiger charge is -2.34. The second-order valence-corrected chi connectivity index (χ2v) is 5.21. The summed E-state index contributed by atoms with van der Waals surface area (Å²) in [6.45, 7) is 11.8. The van der Waals surface area contributed by atoms with Gasteiger partial charge in [0.2, 0.25) is 5.91 Å². The summed E-state index contributed by atoms with van der Waals surface area (Å²) in [5.41, 5.74) is 4.92. The van der Waals surface area contributed by atoms with Crippen LogP contribution < -0.4 is 11.1 Å². The highest BCUT2D eigenvalue weighted by Crippen LogP contribution is 2.09. The topological polar surface area (TPSA) is 58.4 Å². The van der Waals surface area contributed by atoms with Gasteiger partial charge < -0.3 is 16.0 Å². The summed E-state index contributed by atoms with van der Waals surface area (Å²) in [5.74, 6) is -0.262. The molecule has 0 saturated heterocycles. The molecule has 3 N–H and O–H groups in total. The fourth-order valence-corrected chi connectivity index (χ4v) is 2.09. The van der Waals surface area contributed by atoms with Crippen molar-refractivity contribution < 1.29 is 4.79 Å². The number of hydrogen-bond donors (Lipinski definition) is 2. The third-order valence-corrected chi connectivity index (χ3v) is 3.31. The first-order valence-corrected chi connectivity index (χ1v) is 7.27. The monoisotopic (exact) mass is 257 g/mol. The van der Waals surface area contributed by atoms with E-state index in [1.54, 1.807) is 0 Å². The molecule has 0 fully saturated rings. The summed E-state index contributed by atoms with van der Waals surface area (Å²) >= 11 is 0. The van der Waals surface area contributed by atoms with Gasteiger partial charge in [0.25, 0.3) is 0 Å². The Bertz CT molecular complexity index is 225. The van der Waals surface area contributed by atoms with Crippen LogP contribution in [-0.2, 0) is 4.79 Å². The molecule has 0 aromatic rings. The van der Waals surface area contributed by atoms with Crippen molar-refractivity contribution in [1.29, 1.82) is 0 Å². The van der Waals surface area contributed by atoms with Crippen molar-refractivity contribution >= 4 is 5.91 Å². The fourth-order valence-electron chi connectivity index (χ4n) is 2.09. The van der Waals surface area contributed by atoms with Gasteiger partial charge in [-0.3, -0.25) is 4.79 Å². The van der Waals surface area contributed by atoms with Crippen LogP contribution in [0.5, 0.6) is 0 Å². The van der Waals surface area contributed by atoms with Gasteiger partial charge in [-0.1, -0.05) is 33.6 Å². The maximum atomic E-state index is 11.6. The molecule has 0 aliphatic rings. The van der Waals surface area contributed by atoms with E-state index in [0.29, 0.717) is 6.54 Å². The number of unbranched alkanes of at least 4 members (excludes halogenated alkanes) is 2. The average molecular weight is 257 g/mol. The standard InChI is InChI=1S/C14H31N3O/c1-5-8-10-17(11-9-6-2)12-14(4,13(15)18)16-7-3/h16H,5-12H2,1-4H3,(H2,15,18). The van der Waals surface area contributed by atoms with Crippen molar-refractivity contribution in [3.8, 4) is 0 Å². The summed E-state index contributed by atoms with van der Waals surface area (Å²) in [6.07, 6.45) is 4.70. The Hall–Kier alpha value is -0.610. The Morgan fingerprint density at radius 1 is 1.17 bits per heavy atom. The number of carbonyl (C=O) groups excluding carboxylic acids is 1. The maximum absolute atomic E-state index is 11.6. The highest BCUT2D eigenvalue weighted by molar-refractivity contribution is 5.84. The summed E-state index contributed by atoms with van der Waals surface area (Å²) < 4.78 is 0. The SMILES string of the molecule is CCCCN(CCCC)CC(C)(NCC)C(N)=O. The molecule has 0 radical (unpaired) electrons. The Kier molecular flexibility index (Phi) is 9.02. The van der Waals surface area contributed by atoms with Crippen LogP contribution in [0.4, 0.5) is 0 Å². The number of hydrogen-bond acceptors (Lipinski definition) is 3. The van der Waals surface area contributed by atoms with Crippen LogP contribution in [-0.4, -0.2) is 42.5 Å². The van der Waals surface area contributed by atoms with E-state index in [4.69, 9.17) is 5.73 Å². The second kappa shape index (κ2) is 9.34. The first-order chi connectivity index (χ1) is 8.50. The normalized spacial score (nSPS) is 14.7. The molecule has 1 amide bonds. The summed E-state index contributed by atoms with van der Waals surface area (Å²) in [6, 6.07) is 0. The molecule has 1 unspecified atom stereocenters. The number of amides is 1. The number of nitrogens with one attached hydrogen (secondary N) is 1. The lowest BCUT2D eigenvalue weighted by Crippen LogP contribution is -2.59. The summed E-state index contributed by atoms with van der Waals surface area (Å²) in [4.78, 5) is 14.0. The number of rotatable bonds is 11. The van der Waals surface area contributed by atoms with Gasteiger partial charge in [0.1, 0.15) is 5.54 Å². The molecule has 4 nitrogen and oxygen atoms in total. The van der Waals surface area contributed by atoms with Crippen molar-refractivity contribution in [3.63, 3.8) is 0 Å². The Morgan fingerprint density at radius 2 is 1.67 bits per heavy atom. The third kappa shape index (κ3) is 6.36. The minimum absolute atomic E-state index is 0.262. The van der Waals surface area contributed by atoms with Gasteiger partial charge in [0, 0.05) is 6.54 Å². The van der Waals surface area contributed by atoms with Crippen LogP contribution in [0.15, 0.2) is 0 Å². The molecule has 0 bridgehead atoms. The van der Waals surface area contributed by atoms with Gasteiger partial charge in [-0.25, -0.2) is 0 Å². The molecular weight excluding hydrogens is 226 g/mol. The molecular formula is C14H31N3O. The Labute approximate surface area is 112 Å². The molecule has 0 aromatic carbocycles. The molecule has 0 aromatic heterocycles. The van der Waals surface area contributed by atoms with Gasteiger partial charge in [-0.2, -0.15) is 0 Å². The molecule has 1 atom stereocenters. The summed E-state index contributed by atoms with van der Waals surface area (Å²) in [5, 5.41) is 3.23. The van der Waals surface area contributed by atoms with E-state index in [1.165, 1.54) is 25.7 Å². The molecule has 0 aliphatic heterocycles. The van der Waals surface area contributed by atoms with Gasteiger partial charge in [-0.05, 0) is 39.4 Å². The van der Waals surface area contributed by atoms with Crippen molar-refractivity contribution in [3.05, 3.63) is 0 Å². The molecule has 0 spiro atoms. The minimum Gasteiger partial charge on any atom is -0.368 e. The first-order valence-electron chi connectivity index (χ1n) is 7.27. The van der Waals surface area contributed by atoms with Crippen LogP contribution in [0.25, 0.3) is 0 Å². The van der Waals surface area contributed by atoms with Crippen LogP contribution in [0.1, 0.15) is 53.4 Å². The largest absolute Gasteiger partial charge is 0.368 e. The molecule has 108 valence electrons. The minimum atomic E-state index is -0.615. The fraction of sp³-hybridized carbons (Fsp3) is 0.929. The molecule has 0 rings (SSSR count). The summed E-state index contributed by atoms with van der Waals surface area (Å²) in [7, 11) is 0. The zero-order valence-corrected chi connectivity index (χ0v) is 12.6. The van der Waals surface area contributed by atoms with E-state index < -0.39 is 5.54 Å². The van der Waals surface area contributed by atoms with Crippen LogP contribution in [0.2, 0.25) is 0 Å². The quantitative estimate of drug-likeness (QED) is 0.593. The number of likely N-dealkylation sites (N-methyl/N-ethyl adjacent to an activating group) is 1. The highest BCUT2D eigenvalue weighted by atomic mass is 16.1. The van der Waals surface area contributed by atoms with E-state index in [9.17, 15) is 4.79 Å². The smallest absolute Gasteiger partial charge is 0.238 e. The number of primary amides is 1. The van der Waals surface area contributed by atoms with Crippen LogP contribution in [0.3, 0.4) is 0 Å². The van der Waals surface area contributed by atoms with E-state index in [1.807, 2.05) is 13.8 Å². The lowest BCUT2D eigenvalue weighted by molar-refractivity contribution is -0.124. The average Bonchev–Trinajstić information content (AvgIpc) is 2.32. The van der Waals surface area contributed by atoms with Gasteiger partial charge in [0.15, 0.2) is 0 Å². The number of carbonyl (C=O) groups is 1. The van der Waals surface area contributed by atoms with E-state index in [2.05, 4.69) is 24.1 Å². The van der Waals surface area contributed by atoms with E-state index in [0.717, 1.165) is 19.6 Å². The van der Waals surface area contributed by atoms with Crippen LogP contribution >= 0.6 is 0 Å². The van der Waals surface area contributed by atoms with Crippen molar-refractivity contribution in [2.45, 2.75) is 58.9 Å². The van der Waals surface area contributed by atoms with Crippen LogP contribution in [0, 0.1) is 0 Å². The maximum Gasteiger partial charge on any atom is 0.238 e. The van der Waals surface area contributed by atoms with E-state index >= 15 is 0 Å². The molecule has 4 heteroatoms. The highest BCUT2D eigenvalue weighted by Gasteiger charge is 2.31. The van der Waals surface area contributed by atoms with E-state index in [-0.39, 0.29) is 5.91 Å². The van der Waals surface area contributed by atoms with Gasteiger partial charge in [-0.15, -0.1) is 0 Å². The third-order valence-electron chi connectivity index (χ3n) is 3.31. The van der Waals surface area contributed by atoms with Crippen molar-refractivity contribution in [2.75, 3.05) is 26.2 Å². The number of nitrogens with zero attached hydrogens (tertiary/aromatic N) is 1. The zero-order chi connectivity index (χ0) is 14.0. The van der Waals surface area contributed by atoms with Crippen molar-refractivity contribution in [1.82, 2.24) is 10.2 Å². The predicted octanol–water partition coefficient (Wildman–Crippen LogP) is 1.74. The first kappa shape index (κ1) is 17.4. The predicted molar refractivity (Wildman–Crippen MR) is 77.5 cm³/mol. The molecule has 0 saturated carbocycles. The van der Waals surface area contributed by atoms with Crippen molar-refractivity contribution in [2.24, 2.45) is 5.73 Å². The zero-order valence-electron chi connectivity index (χ0n) is 12.6. The molecule has 18 heavy (non-hydrogen) atoms. The Morgan fingerprint density at radius 3 is 2.00 bits per heavy atom. The second-order valence-electron chi connectivity index (χ2n) is 5.21. The Balaban J connectivity index is 4.52.